The Balaban J connectivity index is 1.48. The molecular formula is C23H26IN5O5. The van der Waals surface area contributed by atoms with Gasteiger partial charge >= 0.3 is 5.97 Å². The van der Waals surface area contributed by atoms with Crippen molar-refractivity contribution in [3.63, 3.8) is 0 Å². The summed E-state index contributed by atoms with van der Waals surface area (Å²) in [5.74, 6) is -0.771. The fourth-order valence-corrected chi connectivity index (χ4v) is 5.27. The third kappa shape index (κ3) is 4.04. The van der Waals surface area contributed by atoms with Gasteiger partial charge in [-0.2, -0.15) is 0 Å². The van der Waals surface area contributed by atoms with Crippen LogP contribution in [0.1, 0.15) is 39.5 Å². The van der Waals surface area contributed by atoms with Crippen LogP contribution in [0.4, 0.5) is 5.82 Å². The Kier molecular flexibility index (Phi) is 5.99. The molecule has 4 atom stereocenters. The topological polar surface area (TPSA) is 110 Å². The Bertz CT molecular complexity index is 1230. The van der Waals surface area contributed by atoms with Gasteiger partial charge in [-0.3, -0.25) is 4.57 Å². The van der Waals surface area contributed by atoms with Gasteiger partial charge in [0.05, 0.1) is 12.9 Å². The number of halogens is 1. The molecule has 2 fully saturated rings. The largest absolute Gasteiger partial charge is 0.464 e. The number of ether oxygens (including phenoxy) is 4. The number of hydrogen-bond acceptors (Lipinski definition) is 9. The number of anilines is 1. The van der Waals surface area contributed by atoms with Gasteiger partial charge in [0, 0.05) is 10.1 Å². The summed E-state index contributed by atoms with van der Waals surface area (Å²) in [4.78, 5) is 26.1. The lowest BCUT2D eigenvalue weighted by Crippen LogP contribution is -2.43. The normalized spacial score (nSPS) is 27.6. The van der Waals surface area contributed by atoms with Crippen molar-refractivity contribution in [1.82, 2.24) is 19.5 Å². The second-order valence-corrected chi connectivity index (χ2v) is 10.2. The number of esters is 1. The highest BCUT2D eigenvalue weighted by Crippen LogP contribution is 2.51. The van der Waals surface area contributed by atoms with Crippen molar-refractivity contribution < 1.29 is 23.7 Å². The van der Waals surface area contributed by atoms with E-state index in [1.54, 1.807) is 17.8 Å². The number of imidazole rings is 1. The third-order valence-corrected chi connectivity index (χ3v) is 6.63. The molecule has 5 rings (SSSR count). The molecule has 0 spiro atoms. The molecule has 10 nitrogen and oxygen atoms in total. The van der Waals surface area contributed by atoms with Crippen molar-refractivity contribution in [3.8, 4) is 0 Å². The van der Waals surface area contributed by atoms with Gasteiger partial charge in [0.15, 0.2) is 35.1 Å². The Labute approximate surface area is 210 Å². The predicted molar refractivity (Wildman–Crippen MR) is 131 cm³/mol. The Morgan fingerprint density at radius 1 is 1.26 bits per heavy atom. The van der Waals surface area contributed by atoms with E-state index in [0.29, 0.717) is 23.5 Å². The molecule has 2 aromatic heterocycles. The molecule has 3 aromatic rings. The first kappa shape index (κ1) is 23.4. The van der Waals surface area contributed by atoms with Crippen molar-refractivity contribution in [3.05, 3.63) is 46.1 Å². The van der Waals surface area contributed by atoms with Crippen LogP contribution in [0.2, 0.25) is 0 Å². The summed E-state index contributed by atoms with van der Waals surface area (Å²) in [7, 11) is 0. The van der Waals surface area contributed by atoms with Crippen LogP contribution in [0.15, 0.2) is 36.9 Å². The maximum Gasteiger partial charge on any atom is 0.338 e. The van der Waals surface area contributed by atoms with E-state index in [0.717, 1.165) is 9.13 Å². The monoisotopic (exact) mass is 579 g/mol. The van der Waals surface area contributed by atoms with Crippen molar-refractivity contribution >= 4 is 45.5 Å². The summed E-state index contributed by atoms with van der Waals surface area (Å²) in [6.45, 7) is 8.09. The molecule has 1 N–H and O–H groups in total. The Morgan fingerprint density at radius 2 is 2.09 bits per heavy atom. The molecule has 11 heteroatoms. The minimum atomic E-state index is -0.964. The highest BCUT2D eigenvalue weighted by atomic mass is 127. The maximum atomic E-state index is 12.7. The fraction of sp³-hybridized carbons (Fsp3) is 0.478. The lowest BCUT2D eigenvalue weighted by molar-refractivity contribution is -0.218. The maximum absolute atomic E-state index is 12.7. The lowest BCUT2D eigenvalue weighted by atomic mass is 9.96. The van der Waals surface area contributed by atoms with E-state index in [1.807, 2.05) is 39.0 Å². The number of rotatable bonds is 6. The van der Waals surface area contributed by atoms with Gasteiger partial charge in [-0.05, 0) is 68.0 Å². The van der Waals surface area contributed by atoms with Crippen LogP contribution in [-0.4, -0.2) is 55.7 Å². The smallest absolute Gasteiger partial charge is 0.338 e. The number of nitrogens with zero attached hydrogens (tertiary/aromatic N) is 4. The number of hydrogen-bond donors (Lipinski definition) is 1. The number of nitrogens with one attached hydrogen (secondary N) is 1. The average molecular weight is 579 g/mol. The third-order valence-electron chi connectivity index (χ3n) is 5.96. The first-order valence-corrected chi connectivity index (χ1v) is 12.2. The van der Waals surface area contributed by atoms with E-state index in [-0.39, 0.29) is 6.61 Å². The molecule has 4 heterocycles. The minimum absolute atomic E-state index is 0.244. The highest BCUT2D eigenvalue weighted by molar-refractivity contribution is 14.1. The Morgan fingerprint density at radius 3 is 2.85 bits per heavy atom. The van der Waals surface area contributed by atoms with Crippen molar-refractivity contribution in [2.24, 2.45) is 0 Å². The second-order valence-electron chi connectivity index (χ2n) is 8.92. The fourth-order valence-electron chi connectivity index (χ4n) is 4.66. The van der Waals surface area contributed by atoms with E-state index in [2.05, 4.69) is 48.9 Å². The van der Waals surface area contributed by atoms with Crippen molar-refractivity contribution in [2.75, 3.05) is 11.9 Å². The molecule has 0 aliphatic carbocycles. The zero-order chi connectivity index (χ0) is 24.1. The van der Waals surface area contributed by atoms with Gasteiger partial charge in [-0.1, -0.05) is 12.1 Å². The van der Waals surface area contributed by atoms with Crippen molar-refractivity contribution in [1.29, 1.82) is 0 Å². The Hall–Kier alpha value is -2.35. The summed E-state index contributed by atoms with van der Waals surface area (Å²) in [6.07, 6.45) is 0.811. The van der Waals surface area contributed by atoms with Gasteiger partial charge in [-0.25, -0.2) is 19.7 Å². The molecule has 180 valence electrons. The van der Waals surface area contributed by atoms with Crippen LogP contribution >= 0.6 is 22.6 Å². The summed E-state index contributed by atoms with van der Waals surface area (Å²) in [5.41, 5.74) is 1.31. The molecule has 2 saturated heterocycles. The molecule has 0 bridgehead atoms. The number of carbonyl (C=O) groups excluding carboxylic acids is 1. The van der Waals surface area contributed by atoms with Gasteiger partial charge < -0.3 is 24.3 Å². The zero-order valence-electron chi connectivity index (χ0n) is 19.3. The summed E-state index contributed by atoms with van der Waals surface area (Å²) < 4.78 is 26.7. The quantitative estimate of drug-likeness (QED) is 0.347. The standard InChI is InChI=1S/C23H26IN5O5/c1-5-31-20(30)16-17-23(4,34-22(2,3)33-17)21(32-16)29-12-28-15-18(26-11-27-19(15)29)25-10-13-7-6-8-14(24)9-13/h6-9,11-12,16-17,21H,5,10H2,1-4H3,(H,25,26,27)/t16-,17+,21+,23+/m0/s1. The van der Waals surface area contributed by atoms with Gasteiger partial charge in [0.25, 0.3) is 0 Å². The summed E-state index contributed by atoms with van der Waals surface area (Å²) >= 11 is 2.29. The number of carbonyl (C=O) groups is 1. The number of benzene rings is 1. The van der Waals surface area contributed by atoms with Gasteiger partial charge in [-0.15, -0.1) is 0 Å². The van der Waals surface area contributed by atoms with Crippen molar-refractivity contribution in [2.45, 2.75) is 64.1 Å². The molecule has 34 heavy (non-hydrogen) atoms. The van der Waals surface area contributed by atoms with E-state index in [1.165, 1.54) is 6.33 Å². The number of fused-ring (bicyclic) bond motifs is 2. The van der Waals surface area contributed by atoms with Crippen LogP contribution in [0, 0.1) is 3.57 Å². The molecule has 0 saturated carbocycles. The second kappa shape index (κ2) is 8.70. The zero-order valence-corrected chi connectivity index (χ0v) is 21.5. The predicted octanol–water partition coefficient (Wildman–Crippen LogP) is 3.41. The lowest BCUT2D eigenvalue weighted by Gasteiger charge is -2.30. The summed E-state index contributed by atoms with van der Waals surface area (Å²) in [6, 6.07) is 8.22. The van der Waals surface area contributed by atoms with E-state index in [4.69, 9.17) is 18.9 Å². The van der Waals surface area contributed by atoms with E-state index >= 15 is 0 Å². The van der Waals surface area contributed by atoms with Crippen LogP contribution in [0.5, 0.6) is 0 Å². The van der Waals surface area contributed by atoms with Gasteiger partial charge in [0.1, 0.15) is 18.0 Å². The van der Waals surface area contributed by atoms with Crippen LogP contribution in [0.25, 0.3) is 11.2 Å². The molecule has 0 radical (unpaired) electrons. The van der Waals surface area contributed by atoms with Crippen LogP contribution in [-0.2, 0) is 30.3 Å². The molecule has 2 aliphatic heterocycles. The van der Waals surface area contributed by atoms with E-state index < -0.39 is 35.8 Å². The molecule has 0 amide bonds. The van der Waals surface area contributed by atoms with Crippen LogP contribution in [0.3, 0.4) is 0 Å². The van der Waals surface area contributed by atoms with Crippen LogP contribution < -0.4 is 5.32 Å². The highest BCUT2D eigenvalue weighted by Gasteiger charge is 2.66. The molecular weight excluding hydrogens is 553 g/mol. The van der Waals surface area contributed by atoms with Gasteiger partial charge in [0.2, 0.25) is 0 Å². The molecule has 1 aromatic carbocycles. The SMILES string of the molecule is CCOC(=O)[C@H]1O[C@@H](n2cnc3c(NCc4cccc(I)c4)ncnc32)[C@]2(C)OC(C)(C)O[C@H]12. The molecule has 0 unspecified atom stereocenters. The molecule has 2 aliphatic rings. The summed E-state index contributed by atoms with van der Waals surface area (Å²) in [5, 5.41) is 3.35. The average Bonchev–Trinajstić information content (AvgIpc) is 3.39. The van der Waals surface area contributed by atoms with E-state index in [9.17, 15) is 4.79 Å². The minimum Gasteiger partial charge on any atom is -0.464 e. The number of aromatic nitrogens is 4. The first-order chi connectivity index (χ1) is 16.2. The first-order valence-electron chi connectivity index (χ1n) is 11.1.